The maximum Gasteiger partial charge on any atom is 0.409 e. The lowest BCUT2D eigenvalue weighted by molar-refractivity contribution is 0.0940. The number of likely N-dealkylation sites (tertiary alicyclic amines) is 1. The van der Waals surface area contributed by atoms with Crippen molar-refractivity contribution in [3.63, 3.8) is 0 Å². The molecule has 0 spiro atoms. The molecule has 0 unspecified atom stereocenters. The van der Waals surface area contributed by atoms with E-state index in [1.54, 1.807) is 4.90 Å². The van der Waals surface area contributed by atoms with Gasteiger partial charge in [-0.3, -0.25) is 4.90 Å². The topological polar surface area (TPSA) is 65.1 Å². The van der Waals surface area contributed by atoms with Crippen molar-refractivity contribution in [2.24, 2.45) is 0 Å². The van der Waals surface area contributed by atoms with E-state index in [0.29, 0.717) is 19.7 Å². The molecule has 25 heavy (non-hydrogen) atoms. The Morgan fingerprint density at radius 2 is 1.64 bits per heavy atom. The number of amides is 3. The van der Waals surface area contributed by atoms with E-state index in [1.807, 2.05) is 11.8 Å². The van der Waals surface area contributed by atoms with Crippen LogP contribution in [0.25, 0.3) is 0 Å². The predicted octanol–water partition coefficient (Wildman–Crippen LogP) is 2.12. The molecule has 0 atom stereocenters. The third kappa shape index (κ3) is 6.38. The summed E-state index contributed by atoms with van der Waals surface area (Å²) in [6, 6.07) is 0.198. The quantitative estimate of drug-likeness (QED) is 0.742. The van der Waals surface area contributed by atoms with Gasteiger partial charge in [0, 0.05) is 45.3 Å². The van der Waals surface area contributed by atoms with Crippen LogP contribution in [-0.2, 0) is 4.74 Å². The number of ether oxygens (including phenoxy) is 1. The van der Waals surface area contributed by atoms with Gasteiger partial charge in [-0.15, -0.1) is 0 Å². The van der Waals surface area contributed by atoms with Crippen LogP contribution in [0.2, 0.25) is 0 Å². The fourth-order valence-corrected chi connectivity index (χ4v) is 3.45. The molecule has 2 aliphatic rings. The Labute approximate surface area is 151 Å². The Bertz CT molecular complexity index is 417. The number of carbonyl (C=O) groups excluding carboxylic acids is 2. The second-order valence-corrected chi connectivity index (χ2v) is 6.95. The van der Waals surface area contributed by atoms with E-state index in [2.05, 4.69) is 17.1 Å². The highest BCUT2D eigenvalue weighted by Gasteiger charge is 2.27. The van der Waals surface area contributed by atoms with E-state index >= 15 is 0 Å². The standard InChI is InChI=1S/C18H34N4O3/c1-3-5-6-9-20-12-14-21(15-13-20)17(23)19-16-7-10-22(11-8-16)18(24)25-4-2/h16H,3-15H2,1-2H3,(H,19,23). The van der Waals surface area contributed by atoms with Crippen LogP contribution in [0.1, 0.15) is 46.0 Å². The van der Waals surface area contributed by atoms with E-state index in [9.17, 15) is 9.59 Å². The van der Waals surface area contributed by atoms with Crippen LogP contribution in [-0.4, -0.2) is 85.3 Å². The van der Waals surface area contributed by atoms with Crippen molar-refractivity contribution in [1.82, 2.24) is 20.0 Å². The molecule has 7 heteroatoms. The smallest absolute Gasteiger partial charge is 0.409 e. The summed E-state index contributed by atoms with van der Waals surface area (Å²) in [7, 11) is 0. The highest BCUT2D eigenvalue weighted by atomic mass is 16.6. The van der Waals surface area contributed by atoms with Crippen molar-refractivity contribution < 1.29 is 14.3 Å². The molecular weight excluding hydrogens is 320 g/mol. The molecule has 0 saturated carbocycles. The number of urea groups is 1. The minimum atomic E-state index is -0.244. The summed E-state index contributed by atoms with van der Waals surface area (Å²) in [5, 5.41) is 3.14. The first-order valence-corrected chi connectivity index (χ1v) is 9.83. The number of nitrogens with one attached hydrogen (secondary N) is 1. The molecule has 0 aromatic carbocycles. The minimum absolute atomic E-state index is 0.0443. The van der Waals surface area contributed by atoms with Crippen LogP contribution >= 0.6 is 0 Å². The number of unbranched alkanes of at least 4 members (excludes halogenated alkanes) is 2. The molecule has 2 saturated heterocycles. The normalized spacial score (nSPS) is 19.8. The third-order valence-electron chi connectivity index (χ3n) is 5.09. The van der Waals surface area contributed by atoms with Crippen LogP contribution in [0, 0.1) is 0 Å². The molecule has 0 aliphatic carbocycles. The number of piperidine rings is 1. The van der Waals surface area contributed by atoms with E-state index < -0.39 is 0 Å². The Morgan fingerprint density at radius 3 is 2.24 bits per heavy atom. The largest absolute Gasteiger partial charge is 0.450 e. The van der Waals surface area contributed by atoms with E-state index in [0.717, 1.165) is 45.6 Å². The van der Waals surface area contributed by atoms with Gasteiger partial charge in [0.25, 0.3) is 0 Å². The van der Waals surface area contributed by atoms with Crippen molar-refractivity contribution in [2.45, 2.75) is 52.0 Å². The maximum atomic E-state index is 12.4. The molecule has 2 heterocycles. The van der Waals surface area contributed by atoms with Gasteiger partial charge in [-0.1, -0.05) is 19.8 Å². The summed E-state index contributed by atoms with van der Waals surface area (Å²) in [6.45, 7) is 10.4. The molecular formula is C18H34N4O3. The predicted molar refractivity (Wildman–Crippen MR) is 97.7 cm³/mol. The van der Waals surface area contributed by atoms with Crippen LogP contribution in [0.5, 0.6) is 0 Å². The molecule has 1 N–H and O–H groups in total. The Hall–Kier alpha value is -1.50. The average molecular weight is 354 g/mol. The van der Waals surface area contributed by atoms with E-state index in [4.69, 9.17) is 4.74 Å². The monoisotopic (exact) mass is 354 g/mol. The van der Waals surface area contributed by atoms with Crippen LogP contribution in [0.3, 0.4) is 0 Å². The molecule has 0 aromatic rings. The highest BCUT2D eigenvalue weighted by Crippen LogP contribution is 2.12. The number of hydrogen-bond acceptors (Lipinski definition) is 4. The average Bonchev–Trinajstić information content (AvgIpc) is 2.63. The Balaban J connectivity index is 1.64. The number of nitrogens with zero attached hydrogens (tertiary/aromatic N) is 3. The second kappa shape index (κ2) is 10.5. The summed E-state index contributed by atoms with van der Waals surface area (Å²) in [6.07, 6.45) is 5.12. The second-order valence-electron chi connectivity index (χ2n) is 6.95. The van der Waals surface area contributed by atoms with Gasteiger partial charge in [-0.25, -0.2) is 9.59 Å². The lowest BCUT2D eigenvalue weighted by Crippen LogP contribution is -2.55. The lowest BCUT2D eigenvalue weighted by atomic mass is 10.1. The van der Waals surface area contributed by atoms with Gasteiger partial charge in [0.15, 0.2) is 0 Å². The first-order chi connectivity index (χ1) is 12.1. The number of carbonyl (C=O) groups is 2. The summed E-state index contributed by atoms with van der Waals surface area (Å²) in [5.74, 6) is 0. The van der Waals surface area contributed by atoms with Gasteiger partial charge in [0.05, 0.1) is 6.61 Å². The van der Waals surface area contributed by atoms with Crippen LogP contribution < -0.4 is 5.32 Å². The SMILES string of the molecule is CCCCCN1CCN(C(=O)NC2CCN(C(=O)OCC)CC2)CC1. The van der Waals surface area contributed by atoms with Crippen molar-refractivity contribution in [1.29, 1.82) is 0 Å². The fourth-order valence-electron chi connectivity index (χ4n) is 3.45. The summed E-state index contributed by atoms with van der Waals surface area (Å²) in [5.41, 5.74) is 0. The fraction of sp³-hybridized carbons (Fsp3) is 0.889. The molecule has 0 bridgehead atoms. The number of piperazine rings is 1. The van der Waals surface area contributed by atoms with Gasteiger partial charge in [0.1, 0.15) is 0 Å². The molecule has 3 amide bonds. The molecule has 144 valence electrons. The molecule has 2 rings (SSSR count). The maximum absolute atomic E-state index is 12.4. The Morgan fingerprint density at radius 1 is 0.960 bits per heavy atom. The molecule has 7 nitrogen and oxygen atoms in total. The summed E-state index contributed by atoms with van der Waals surface area (Å²) >= 11 is 0. The first-order valence-electron chi connectivity index (χ1n) is 9.83. The number of rotatable bonds is 6. The molecule has 0 radical (unpaired) electrons. The summed E-state index contributed by atoms with van der Waals surface area (Å²) < 4.78 is 5.02. The summed E-state index contributed by atoms with van der Waals surface area (Å²) in [4.78, 5) is 30.2. The van der Waals surface area contributed by atoms with Gasteiger partial charge in [0.2, 0.25) is 0 Å². The van der Waals surface area contributed by atoms with Crippen molar-refractivity contribution in [3.05, 3.63) is 0 Å². The zero-order chi connectivity index (χ0) is 18.1. The number of hydrogen-bond donors (Lipinski definition) is 1. The minimum Gasteiger partial charge on any atom is -0.450 e. The highest BCUT2D eigenvalue weighted by molar-refractivity contribution is 5.74. The van der Waals surface area contributed by atoms with Crippen molar-refractivity contribution in [3.8, 4) is 0 Å². The van der Waals surface area contributed by atoms with Gasteiger partial charge < -0.3 is 19.9 Å². The first kappa shape index (κ1) is 19.8. The van der Waals surface area contributed by atoms with E-state index in [1.165, 1.54) is 19.3 Å². The van der Waals surface area contributed by atoms with Gasteiger partial charge >= 0.3 is 12.1 Å². The molecule has 2 aliphatic heterocycles. The zero-order valence-electron chi connectivity index (χ0n) is 15.8. The third-order valence-corrected chi connectivity index (χ3v) is 5.09. The van der Waals surface area contributed by atoms with Gasteiger partial charge in [-0.05, 0) is 32.7 Å². The molecule has 2 fully saturated rings. The lowest BCUT2D eigenvalue weighted by Gasteiger charge is -2.37. The van der Waals surface area contributed by atoms with E-state index in [-0.39, 0.29) is 18.2 Å². The van der Waals surface area contributed by atoms with Crippen molar-refractivity contribution >= 4 is 12.1 Å². The Kier molecular flexibility index (Phi) is 8.31. The van der Waals surface area contributed by atoms with Crippen LogP contribution in [0.4, 0.5) is 9.59 Å². The van der Waals surface area contributed by atoms with Gasteiger partial charge in [-0.2, -0.15) is 0 Å². The zero-order valence-corrected chi connectivity index (χ0v) is 15.8. The molecule has 0 aromatic heterocycles. The van der Waals surface area contributed by atoms with Crippen LogP contribution in [0.15, 0.2) is 0 Å². The van der Waals surface area contributed by atoms with Crippen molar-refractivity contribution in [2.75, 3.05) is 52.4 Å².